The molecule has 0 radical (unpaired) electrons. The molecule has 0 atom stereocenters. The third-order valence-electron chi connectivity index (χ3n) is 3.73. The molecule has 0 spiro atoms. The zero-order valence-corrected chi connectivity index (χ0v) is 15.6. The molecule has 4 aromatic rings. The second-order valence-electron chi connectivity index (χ2n) is 5.87. The molecule has 1 aromatic carbocycles. The summed E-state index contributed by atoms with van der Waals surface area (Å²) in [6.07, 6.45) is 0. The highest BCUT2D eigenvalue weighted by molar-refractivity contribution is 7.16. The van der Waals surface area contributed by atoms with Crippen molar-refractivity contribution in [1.82, 2.24) is 14.6 Å². The summed E-state index contributed by atoms with van der Waals surface area (Å²) in [6, 6.07) is 13.9. The molecule has 0 aliphatic carbocycles. The number of benzene rings is 1. The second kappa shape index (κ2) is 7.65. The van der Waals surface area contributed by atoms with Gasteiger partial charge >= 0.3 is 5.97 Å². The molecule has 3 aromatic heterocycles. The number of esters is 1. The van der Waals surface area contributed by atoms with Crippen LogP contribution in [0.3, 0.4) is 0 Å². The van der Waals surface area contributed by atoms with Gasteiger partial charge < -0.3 is 13.9 Å². The van der Waals surface area contributed by atoms with Crippen LogP contribution in [0.25, 0.3) is 4.96 Å². The van der Waals surface area contributed by atoms with Crippen LogP contribution in [0.15, 0.2) is 57.7 Å². The Labute approximate surface area is 163 Å². The predicted molar refractivity (Wildman–Crippen MR) is 100 cm³/mol. The Morgan fingerprint density at radius 2 is 2.00 bits per heavy atom. The molecule has 0 bridgehead atoms. The molecular formula is C19H15N3O5S. The minimum Gasteiger partial charge on any atom is -0.486 e. The Morgan fingerprint density at radius 3 is 2.82 bits per heavy atom. The quantitative estimate of drug-likeness (QED) is 0.462. The van der Waals surface area contributed by atoms with E-state index in [1.54, 1.807) is 13.0 Å². The SMILES string of the molecule is Cc1cc(=O)n2nc(COC(=O)c3ccc(COc4ccccc4)o3)sc2n1. The topological polar surface area (TPSA) is 95.9 Å². The van der Waals surface area contributed by atoms with Crippen molar-refractivity contribution in [3.63, 3.8) is 0 Å². The first kappa shape index (κ1) is 17.9. The zero-order chi connectivity index (χ0) is 19.5. The standard InChI is InChI=1S/C19H15N3O5S/c1-12-9-17(23)22-19(20-12)28-16(21-22)11-26-18(24)15-8-7-14(27-15)10-25-13-5-3-2-4-6-13/h2-9H,10-11H2,1H3. The number of ether oxygens (including phenoxy) is 2. The number of para-hydroxylation sites is 1. The van der Waals surface area contributed by atoms with Crippen LogP contribution in [-0.4, -0.2) is 20.6 Å². The van der Waals surface area contributed by atoms with E-state index in [1.165, 1.54) is 28.0 Å². The predicted octanol–water partition coefficient (Wildman–Crippen LogP) is 2.99. The van der Waals surface area contributed by atoms with Gasteiger partial charge in [-0.2, -0.15) is 9.61 Å². The van der Waals surface area contributed by atoms with Crippen LogP contribution in [0.1, 0.15) is 27.0 Å². The molecule has 0 saturated carbocycles. The van der Waals surface area contributed by atoms with Crippen molar-refractivity contribution in [2.75, 3.05) is 0 Å². The second-order valence-corrected chi connectivity index (χ2v) is 6.91. The van der Waals surface area contributed by atoms with Gasteiger partial charge in [-0.1, -0.05) is 29.5 Å². The van der Waals surface area contributed by atoms with Crippen molar-refractivity contribution in [1.29, 1.82) is 0 Å². The van der Waals surface area contributed by atoms with Gasteiger partial charge in [-0.05, 0) is 31.2 Å². The van der Waals surface area contributed by atoms with Crippen LogP contribution in [-0.2, 0) is 18.0 Å². The molecule has 0 saturated heterocycles. The van der Waals surface area contributed by atoms with E-state index in [9.17, 15) is 9.59 Å². The average molecular weight is 397 g/mol. The molecule has 0 aliphatic heterocycles. The molecule has 9 heteroatoms. The van der Waals surface area contributed by atoms with E-state index in [0.717, 1.165) is 0 Å². The summed E-state index contributed by atoms with van der Waals surface area (Å²) in [5, 5.41) is 4.58. The van der Waals surface area contributed by atoms with Gasteiger partial charge in [0.1, 0.15) is 24.7 Å². The maximum atomic E-state index is 12.2. The van der Waals surface area contributed by atoms with Gasteiger partial charge in [-0.25, -0.2) is 9.78 Å². The molecule has 28 heavy (non-hydrogen) atoms. The third kappa shape index (κ3) is 3.94. The number of rotatable bonds is 6. The van der Waals surface area contributed by atoms with Gasteiger partial charge in [0.25, 0.3) is 5.56 Å². The Bertz CT molecular complexity index is 1180. The first-order valence-corrected chi connectivity index (χ1v) is 9.20. The number of furan rings is 1. The average Bonchev–Trinajstić information content (AvgIpc) is 3.32. The number of hydrogen-bond donors (Lipinski definition) is 0. The van der Waals surface area contributed by atoms with Gasteiger partial charge in [-0.3, -0.25) is 4.79 Å². The number of fused-ring (bicyclic) bond motifs is 1. The normalized spacial score (nSPS) is 10.9. The summed E-state index contributed by atoms with van der Waals surface area (Å²) < 4.78 is 17.4. The summed E-state index contributed by atoms with van der Waals surface area (Å²) in [4.78, 5) is 28.7. The largest absolute Gasteiger partial charge is 0.486 e. The first-order chi connectivity index (χ1) is 13.6. The van der Waals surface area contributed by atoms with Crippen LogP contribution < -0.4 is 10.3 Å². The minimum atomic E-state index is -0.623. The summed E-state index contributed by atoms with van der Waals surface area (Å²) in [6.45, 7) is 1.85. The molecule has 8 nitrogen and oxygen atoms in total. The minimum absolute atomic E-state index is 0.0684. The van der Waals surface area contributed by atoms with E-state index < -0.39 is 5.97 Å². The fourth-order valence-corrected chi connectivity index (χ4v) is 3.31. The Kier molecular flexibility index (Phi) is 4.90. The van der Waals surface area contributed by atoms with Gasteiger partial charge in [-0.15, -0.1) is 0 Å². The van der Waals surface area contributed by atoms with Crippen LogP contribution in [0.4, 0.5) is 0 Å². The van der Waals surface area contributed by atoms with Crippen molar-refractivity contribution in [3.8, 4) is 5.75 Å². The number of aromatic nitrogens is 3. The van der Waals surface area contributed by atoms with E-state index in [4.69, 9.17) is 13.9 Å². The molecule has 0 unspecified atom stereocenters. The Morgan fingerprint density at radius 1 is 1.18 bits per heavy atom. The van der Waals surface area contributed by atoms with Gasteiger partial charge in [0.15, 0.2) is 5.01 Å². The van der Waals surface area contributed by atoms with Gasteiger partial charge in [0.05, 0.1) is 0 Å². The number of hydrogen-bond acceptors (Lipinski definition) is 8. The number of aryl methyl sites for hydroxylation is 1. The summed E-state index contributed by atoms with van der Waals surface area (Å²) in [7, 11) is 0. The smallest absolute Gasteiger partial charge is 0.374 e. The summed E-state index contributed by atoms with van der Waals surface area (Å²) in [5.41, 5.74) is 0.337. The van der Waals surface area contributed by atoms with Crippen molar-refractivity contribution in [2.45, 2.75) is 20.1 Å². The monoisotopic (exact) mass is 397 g/mol. The third-order valence-corrected chi connectivity index (χ3v) is 4.61. The van der Waals surface area contributed by atoms with Crippen molar-refractivity contribution < 1.29 is 18.7 Å². The van der Waals surface area contributed by atoms with Crippen molar-refractivity contribution in [2.24, 2.45) is 0 Å². The van der Waals surface area contributed by atoms with Gasteiger partial charge in [0.2, 0.25) is 10.7 Å². The zero-order valence-electron chi connectivity index (χ0n) is 14.8. The van der Waals surface area contributed by atoms with E-state index in [0.29, 0.717) is 27.2 Å². The van der Waals surface area contributed by atoms with Crippen molar-refractivity contribution >= 4 is 22.3 Å². The summed E-state index contributed by atoms with van der Waals surface area (Å²) in [5.74, 6) is 0.653. The molecule has 0 aliphatic rings. The molecular weight excluding hydrogens is 382 g/mol. The highest BCUT2D eigenvalue weighted by Gasteiger charge is 2.15. The first-order valence-electron chi connectivity index (χ1n) is 8.38. The van der Waals surface area contributed by atoms with Crippen LogP contribution >= 0.6 is 11.3 Å². The lowest BCUT2D eigenvalue weighted by molar-refractivity contribution is 0.0431. The lowest BCUT2D eigenvalue weighted by Gasteiger charge is -2.03. The Balaban J connectivity index is 1.37. The number of carbonyl (C=O) groups is 1. The maximum absolute atomic E-state index is 12.2. The number of nitrogens with zero attached hydrogens (tertiary/aromatic N) is 3. The molecule has 4 rings (SSSR count). The maximum Gasteiger partial charge on any atom is 0.374 e. The number of carbonyl (C=O) groups excluding carboxylic acids is 1. The van der Waals surface area contributed by atoms with E-state index in [2.05, 4.69) is 10.1 Å². The lowest BCUT2D eigenvalue weighted by atomic mass is 10.3. The highest BCUT2D eigenvalue weighted by Crippen LogP contribution is 2.16. The fraction of sp³-hybridized carbons (Fsp3) is 0.158. The molecule has 142 valence electrons. The Hall–Kier alpha value is -3.46. The van der Waals surface area contributed by atoms with E-state index in [1.807, 2.05) is 30.3 Å². The van der Waals surface area contributed by atoms with Gasteiger partial charge in [0, 0.05) is 11.8 Å². The fourth-order valence-electron chi connectivity index (χ4n) is 2.45. The van der Waals surface area contributed by atoms with E-state index in [-0.39, 0.29) is 24.5 Å². The lowest BCUT2D eigenvalue weighted by Crippen LogP contribution is -2.14. The molecule has 0 N–H and O–H groups in total. The summed E-state index contributed by atoms with van der Waals surface area (Å²) >= 11 is 1.19. The van der Waals surface area contributed by atoms with Crippen LogP contribution in [0.5, 0.6) is 5.75 Å². The molecule has 0 amide bonds. The highest BCUT2D eigenvalue weighted by atomic mass is 32.1. The van der Waals surface area contributed by atoms with Crippen molar-refractivity contribution in [3.05, 3.63) is 81.1 Å². The molecule has 3 heterocycles. The van der Waals surface area contributed by atoms with Crippen LogP contribution in [0.2, 0.25) is 0 Å². The van der Waals surface area contributed by atoms with E-state index >= 15 is 0 Å². The molecule has 0 fully saturated rings. The van der Waals surface area contributed by atoms with Crippen LogP contribution in [0, 0.1) is 6.92 Å².